The molecule has 0 radical (unpaired) electrons. The van der Waals surface area contributed by atoms with E-state index in [1.807, 2.05) is 6.07 Å². The number of fused-ring (bicyclic) bond motifs is 2. The van der Waals surface area contributed by atoms with Gasteiger partial charge in [-0.25, -0.2) is 9.97 Å². The second-order valence-corrected chi connectivity index (χ2v) is 11.5. The van der Waals surface area contributed by atoms with Crippen LogP contribution < -0.4 is 5.32 Å². The second kappa shape index (κ2) is 8.32. The number of rotatable bonds is 4. The van der Waals surface area contributed by atoms with Crippen LogP contribution in [0.3, 0.4) is 0 Å². The number of nitrogens with zero attached hydrogens (tertiary/aromatic N) is 5. The van der Waals surface area contributed by atoms with Gasteiger partial charge in [0.2, 0.25) is 5.91 Å². The van der Waals surface area contributed by atoms with Crippen LogP contribution in [0.25, 0.3) is 11.0 Å². The molecule has 4 aliphatic carbocycles. The number of carbonyl (C=O) groups excluding carboxylic acids is 2. The van der Waals surface area contributed by atoms with Crippen molar-refractivity contribution in [3.8, 4) is 0 Å². The van der Waals surface area contributed by atoms with Gasteiger partial charge in [-0.05, 0) is 86.3 Å². The molecule has 0 saturated heterocycles. The van der Waals surface area contributed by atoms with Crippen LogP contribution in [-0.2, 0) is 17.8 Å². The highest BCUT2D eigenvalue weighted by Gasteiger charge is 2.51. The average Bonchev–Trinajstić information content (AvgIpc) is 2.86. The third kappa shape index (κ3) is 3.83. The zero-order valence-corrected chi connectivity index (χ0v) is 20.3. The van der Waals surface area contributed by atoms with E-state index in [1.54, 1.807) is 29.4 Å². The van der Waals surface area contributed by atoms with Crippen LogP contribution in [0.15, 0.2) is 36.9 Å². The summed E-state index contributed by atoms with van der Waals surface area (Å²) in [4.78, 5) is 45.7. The predicted octanol–water partition coefficient (Wildman–Crippen LogP) is 4.16. The van der Waals surface area contributed by atoms with Gasteiger partial charge < -0.3 is 10.2 Å². The molecule has 1 aromatic carbocycles. The first-order valence-corrected chi connectivity index (χ1v) is 13.2. The third-order valence-corrected chi connectivity index (χ3v) is 8.97. The largest absolute Gasteiger partial charge is 0.332 e. The van der Waals surface area contributed by atoms with Crippen molar-refractivity contribution in [3.63, 3.8) is 0 Å². The molecule has 0 atom stereocenters. The van der Waals surface area contributed by atoms with Gasteiger partial charge in [0, 0.05) is 36.5 Å². The Morgan fingerprint density at radius 3 is 2.42 bits per heavy atom. The number of benzene rings is 1. The topological polar surface area (TPSA) is 101 Å². The number of hydrogen-bond acceptors (Lipinski definition) is 6. The van der Waals surface area contributed by atoms with E-state index in [0.29, 0.717) is 42.8 Å². The fraction of sp³-hybridized carbons (Fsp3) is 0.500. The molecule has 3 heterocycles. The van der Waals surface area contributed by atoms with E-state index >= 15 is 0 Å². The van der Waals surface area contributed by atoms with Gasteiger partial charge in [-0.2, -0.15) is 0 Å². The lowest BCUT2D eigenvalue weighted by atomic mass is 9.49. The molecule has 2 amide bonds. The number of anilines is 1. The first-order valence-electron chi connectivity index (χ1n) is 13.2. The van der Waals surface area contributed by atoms with Crippen LogP contribution in [0.4, 0.5) is 5.82 Å². The highest BCUT2D eigenvalue weighted by atomic mass is 16.2. The first kappa shape index (κ1) is 21.8. The van der Waals surface area contributed by atoms with E-state index in [0.717, 1.165) is 34.5 Å². The first-order chi connectivity index (χ1) is 17.5. The summed E-state index contributed by atoms with van der Waals surface area (Å²) in [6, 6.07) is 5.41. The van der Waals surface area contributed by atoms with Gasteiger partial charge in [0.25, 0.3) is 5.91 Å². The van der Waals surface area contributed by atoms with E-state index < -0.39 is 0 Å². The molecule has 1 N–H and O–H groups in total. The van der Waals surface area contributed by atoms with Gasteiger partial charge in [-0.15, -0.1) is 0 Å². The Bertz CT molecular complexity index is 1340. The van der Waals surface area contributed by atoms with Gasteiger partial charge >= 0.3 is 0 Å². The Balaban J connectivity index is 1.05. The normalized spacial score (nSPS) is 28.2. The zero-order chi connectivity index (χ0) is 24.3. The minimum atomic E-state index is -0.0563. The molecular formula is C28H30N6O2. The van der Waals surface area contributed by atoms with Crippen LogP contribution in [0.1, 0.15) is 66.6 Å². The SMILES string of the molecule is O=C(CC12CC3CC(CC(C3)C1)C2)Nc1ncnc2c1CCN(C(=O)c1ccc3nccnc3c1)C2. The lowest BCUT2D eigenvalue weighted by Crippen LogP contribution is -2.47. The molecule has 4 saturated carbocycles. The summed E-state index contributed by atoms with van der Waals surface area (Å²) in [6.45, 7) is 0.947. The van der Waals surface area contributed by atoms with Crippen molar-refractivity contribution >= 4 is 28.7 Å². The molecule has 36 heavy (non-hydrogen) atoms. The molecule has 184 valence electrons. The van der Waals surface area contributed by atoms with Crippen molar-refractivity contribution in [2.45, 2.75) is 57.9 Å². The fourth-order valence-electron chi connectivity index (χ4n) is 7.94. The standard InChI is InChI=1S/C28H30N6O2/c35-25(14-28-11-17-7-18(12-28)9-19(8-17)13-28)33-26-21-3-6-34(15-24(21)31-16-32-26)27(36)20-1-2-22-23(10-20)30-5-4-29-22/h1-2,4-5,10,16-19H,3,6-9,11-15H2,(H,31,32,33,35). The lowest BCUT2D eigenvalue weighted by Gasteiger charge is -2.56. The maximum absolute atomic E-state index is 13.2. The van der Waals surface area contributed by atoms with Crippen LogP contribution in [0.5, 0.6) is 0 Å². The molecule has 8 rings (SSSR count). The summed E-state index contributed by atoms with van der Waals surface area (Å²) in [7, 11) is 0. The number of aromatic nitrogens is 4. The van der Waals surface area contributed by atoms with Crippen LogP contribution in [0, 0.1) is 23.2 Å². The lowest BCUT2D eigenvalue weighted by molar-refractivity contribution is -0.124. The van der Waals surface area contributed by atoms with Crippen molar-refractivity contribution in [1.29, 1.82) is 0 Å². The van der Waals surface area contributed by atoms with E-state index in [2.05, 4.69) is 25.3 Å². The summed E-state index contributed by atoms with van der Waals surface area (Å²) in [5.41, 5.74) is 4.00. The van der Waals surface area contributed by atoms with E-state index in [4.69, 9.17) is 0 Å². The fourth-order valence-corrected chi connectivity index (χ4v) is 7.94. The maximum Gasteiger partial charge on any atom is 0.254 e. The monoisotopic (exact) mass is 482 g/mol. The van der Waals surface area contributed by atoms with Crippen molar-refractivity contribution in [3.05, 3.63) is 53.7 Å². The third-order valence-electron chi connectivity index (χ3n) is 8.97. The van der Waals surface area contributed by atoms with Crippen molar-refractivity contribution in [1.82, 2.24) is 24.8 Å². The quantitative estimate of drug-likeness (QED) is 0.599. The predicted molar refractivity (Wildman–Crippen MR) is 134 cm³/mol. The van der Waals surface area contributed by atoms with Crippen molar-refractivity contribution in [2.24, 2.45) is 23.2 Å². The number of nitrogens with one attached hydrogen (secondary N) is 1. The van der Waals surface area contributed by atoms with Gasteiger partial charge in [-0.3, -0.25) is 19.6 Å². The molecule has 8 nitrogen and oxygen atoms in total. The molecule has 3 aromatic rings. The summed E-state index contributed by atoms with van der Waals surface area (Å²) in [6.07, 6.45) is 13.8. The van der Waals surface area contributed by atoms with Gasteiger partial charge in [-0.1, -0.05) is 0 Å². The summed E-state index contributed by atoms with van der Waals surface area (Å²) in [5.74, 6) is 3.12. The Kier molecular flexibility index (Phi) is 5.04. The average molecular weight is 483 g/mol. The molecule has 0 unspecified atom stereocenters. The molecule has 4 bridgehead atoms. The Morgan fingerprint density at radius 1 is 0.944 bits per heavy atom. The number of hydrogen-bond donors (Lipinski definition) is 1. The Labute approximate surface area is 209 Å². The summed E-state index contributed by atoms with van der Waals surface area (Å²) in [5, 5.41) is 3.13. The van der Waals surface area contributed by atoms with E-state index in [-0.39, 0.29) is 17.2 Å². The molecule has 5 aliphatic rings. The molecule has 8 heteroatoms. The molecule has 4 fully saturated rings. The van der Waals surface area contributed by atoms with Gasteiger partial charge in [0.1, 0.15) is 12.1 Å². The Morgan fingerprint density at radius 2 is 1.67 bits per heavy atom. The molecule has 1 aliphatic heterocycles. The molecular weight excluding hydrogens is 452 g/mol. The van der Waals surface area contributed by atoms with Crippen LogP contribution in [0.2, 0.25) is 0 Å². The van der Waals surface area contributed by atoms with Gasteiger partial charge in [0.05, 0.1) is 23.3 Å². The van der Waals surface area contributed by atoms with Crippen molar-refractivity contribution < 1.29 is 9.59 Å². The van der Waals surface area contributed by atoms with E-state index in [9.17, 15) is 9.59 Å². The van der Waals surface area contributed by atoms with Crippen LogP contribution in [-0.4, -0.2) is 43.2 Å². The highest BCUT2D eigenvalue weighted by molar-refractivity contribution is 5.97. The highest BCUT2D eigenvalue weighted by Crippen LogP contribution is 2.61. The molecule has 0 spiro atoms. The zero-order valence-electron chi connectivity index (χ0n) is 20.3. The summed E-state index contributed by atoms with van der Waals surface area (Å²) < 4.78 is 0. The number of carbonyl (C=O) groups is 2. The second-order valence-electron chi connectivity index (χ2n) is 11.5. The summed E-state index contributed by atoms with van der Waals surface area (Å²) >= 11 is 0. The van der Waals surface area contributed by atoms with Gasteiger partial charge in [0.15, 0.2) is 0 Å². The minimum Gasteiger partial charge on any atom is -0.332 e. The van der Waals surface area contributed by atoms with Crippen molar-refractivity contribution in [2.75, 3.05) is 11.9 Å². The number of amides is 2. The van der Waals surface area contributed by atoms with E-state index in [1.165, 1.54) is 44.9 Å². The molecule has 2 aromatic heterocycles. The minimum absolute atomic E-state index is 0.0563. The maximum atomic E-state index is 13.2. The Hall–Kier alpha value is -3.42. The smallest absolute Gasteiger partial charge is 0.254 e. The van der Waals surface area contributed by atoms with Crippen LogP contribution >= 0.6 is 0 Å².